The van der Waals surface area contributed by atoms with Crippen LogP contribution in [-0.2, 0) is 4.79 Å². The first-order valence-electron chi connectivity index (χ1n) is 6.83. The van der Waals surface area contributed by atoms with Crippen LogP contribution in [0.1, 0.15) is 12.8 Å². The van der Waals surface area contributed by atoms with E-state index < -0.39 is 24.5 Å². The molecule has 1 saturated carbocycles. The first-order valence-corrected chi connectivity index (χ1v) is 6.83. The molecule has 0 radical (unpaired) electrons. The molecule has 1 aliphatic carbocycles. The van der Waals surface area contributed by atoms with Gasteiger partial charge in [0.05, 0.1) is 12.2 Å². The van der Waals surface area contributed by atoms with Gasteiger partial charge in [-0.05, 0) is 37.4 Å². The fourth-order valence-corrected chi connectivity index (χ4v) is 1.79. The summed E-state index contributed by atoms with van der Waals surface area (Å²) in [6.45, 7) is -0.791. The van der Waals surface area contributed by atoms with Crippen molar-refractivity contribution in [3.05, 3.63) is 24.0 Å². The maximum atomic E-state index is 13.2. The molecule has 1 fully saturated rings. The van der Waals surface area contributed by atoms with E-state index in [0.717, 1.165) is 31.0 Å². The molecule has 0 spiro atoms. The lowest BCUT2D eigenvalue weighted by Gasteiger charge is -2.14. The van der Waals surface area contributed by atoms with Crippen LogP contribution >= 0.6 is 0 Å². The molecule has 4 nitrogen and oxygen atoms in total. The van der Waals surface area contributed by atoms with Crippen LogP contribution in [0, 0.1) is 11.7 Å². The minimum absolute atomic E-state index is 0.00568. The Morgan fingerprint density at radius 2 is 2.05 bits per heavy atom. The number of carbonyl (C=O) groups is 1. The van der Waals surface area contributed by atoms with Crippen molar-refractivity contribution in [3.63, 3.8) is 0 Å². The van der Waals surface area contributed by atoms with E-state index in [2.05, 4.69) is 15.4 Å². The van der Waals surface area contributed by atoms with Crippen LogP contribution in [0.3, 0.4) is 0 Å². The Hall–Kier alpha value is -1.83. The summed E-state index contributed by atoms with van der Waals surface area (Å²) in [6.07, 6.45) is -2.25. The fourth-order valence-electron chi connectivity index (χ4n) is 1.79. The van der Waals surface area contributed by atoms with Gasteiger partial charge >= 0.3 is 6.18 Å². The van der Waals surface area contributed by atoms with Crippen molar-refractivity contribution < 1.29 is 27.1 Å². The second-order valence-electron chi connectivity index (χ2n) is 5.17. The normalized spacial score (nSPS) is 14.7. The van der Waals surface area contributed by atoms with Crippen LogP contribution in [0.4, 0.5) is 23.2 Å². The Balaban J connectivity index is 1.91. The molecular formula is C14H16F4N2O2. The van der Waals surface area contributed by atoms with E-state index in [0.29, 0.717) is 12.5 Å². The first-order chi connectivity index (χ1) is 10.3. The quantitative estimate of drug-likeness (QED) is 0.760. The summed E-state index contributed by atoms with van der Waals surface area (Å²) in [6, 6.07) is 2.94. The largest absolute Gasteiger partial charge is 0.482 e. The number of hydrogen-bond donors (Lipinski definition) is 2. The Bertz CT molecular complexity index is 530. The number of hydrogen-bond acceptors (Lipinski definition) is 3. The lowest BCUT2D eigenvalue weighted by atomic mass is 10.2. The van der Waals surface area contributed by atoms with Crippen LogP contribution in [-0.4, -0.2) is 31.8 Å². The SMILES string of the molecule is O=C(CNCC1CC1)Nc1cc(F)ccc1OCC(F)(F)F. The number of ether oxygens (including phenoxy) is 1. The standard InChI is InChI=1S/C14H16F4N2O2/c15-10-3-4-12(22-8-14(16,17)18)11(5-10)20-13(21)7-19-6-9-1-2-9/h3-5,9,19H,1-2,6-8H2,(H,20,21). The first kappa shape index (κ1) is 16.5. The zero-order valence-corrected chi connectivity index (χ0v) is 11.7. The van der Waals surface area contributed by atoms with Gasteiger partial charge in [-0.3, -0.25) is 4.79 Å². The van der Waals surface area contributed by atoms with E-state index in [9.17, 15) is 22.4 Å². The van der Waals surface area contributed by atoms with Crippen LogP contribution in [0.15, 0.2) is 18.2 Å². The van der Waals surface area contributed by atoms with E-state index in [4.69, 9.17) is 0 Å². The average Bonchev–Trinajstić information content (AvgIpc) is 3.21. The maximum Gasteiger partial charge on any atom is 0.422 e. The van der Waals surface area contributed by atoms with Crippen LogP contribution in [0.5, 0.6) is 5.75 Å². The monoisotopic (exact) mass is 320 g/mol. The third-order valence-corrected chi connectivity index (χ3v) is 3.02. The van der Waals surface area contributed by atoms with Gasteiger partial charge in [0, 0.05) is 6.07 Å². The smallest absolute Gasteiger partial charge is 0.422 e. The summed E-state index contributed by atoms with van der Waals surface area (Å²) in [5.41, 5.74) is -0.123. The van der Waals surface area contributed by atoms with Gasteiger partial charge in [0.1, 0.15) is 11.6 Å². The van der Waals surface area contributed by atoms with Gasteiger partial charge in [0.2, 0.25) is 5.91 Å². The highest BCUT2D eigenvalue weighted by molar-refractivity contribution is 5.93. The second-order valence-corrected chi connectivity index (χ2v) is 5.17. The van der Waals surface area contributed by atoms with E-state index in [-0.39, 0.29) is 18.0 Å². The molecule has 0 saturated heterocycles. The van der Waals surface area contributed by atoms with Crippen LogP contribution in [0.25, 0.3) is 0 Å². The predicted octanol–water partition coefficient (Wildman–Crippen LogP) is 2.70. The Morgan fingerprint density at radius 3 is 2.68 bits per heavy atom. The molecule has 1 aromatic carbocycles. The molecule has 0 bridgehead atoms. The number of halogens is 4. The predicted molar refractivity (Wildman–Crippen MR) is 72.2 cm³/mol. The Labute approximate surface area is 124 Å². The molecule has 22 heavy (non-hydrogen) atoms. The molecule has 0 atom stereocenters. The van der Waals surface area contributed by atoms with E-state index in [1.807, 2.05) is 0 Å². The number of alkyl halides is 3. The lowest BCUT2D eigenvalue weighted by molar-refractivity contribution is -0.153. The summed E-state index contributed by atoms with van der Waals surface area (Å²) >= 11 is 0. The lowest BCUT2D eigenvalue weighted by Crippen LogP contribution is -2.29. The van der Waals surface area contributed by atoms with Crippen molar-refractivity contribution >= 4 is 11.6 Å². The second kappa shape index (κ2) is 6.95. The topological polar surface area (TPSA) is 50.4 Å². The highest BCUT2D eigenvalue weighted by Crippen LogP contribution is 2.28. The van der Waals surface area contributed by atoms with Gasteiger partial charge in [0.15, 0.2) is 6.61 Å². The van der Waals surface area contributed by atoms with E-state index >= 15 is 0 Å². The number of rotatable bonds is 7. The van der Waals surface area contributed by atoms with Crippen molar-refractivity contribution in [1.29, 1.82) is 0 Å². The number of anilines is 1. The molecule has 0 heterocycles. The number of carbonyl (C=O) groups excluding carboxylic acids is 1. The van der Waals surface area contributed by atoms with Crippen molar-refractivity contribution in [2.75, 3.05) is 25.0 Å². The van der Waals surface area contributed by atoms with Crippen molar-refractivity contribution in [1.82, 2.24) is 5.32 Å². The molecule has 1 aliphatic rings. The number of amides is 1. The summed E-state index contributed by atoms with van der Waals surface area (Å²) in [5, 5.41) is 5.28. The molecule has 122 valence electrons. The van der Waals surface area contributed by atoms with E-state index in [1.165, 1.54) is 0 Å². The number of nitrogens with one attached hydrogen (secondary N) is 2. The van der Waals surface area contributed by atoms with Crippen molar-refractivity contribution in [2.24, 2.45) is 5.92 Å². The molecule has 8 heteroatoms. The molecule has 0 aromatic heterocycles. The third-order valence-electron chi connectivity index (χ3n) is 3.02. The highest BCUT2D eigenvalue weighted by Gasteiger charge is 2.29. The molecule has 2 rings (SSSR count). The van der Waals surface area contributed by atoms with Crippen LogP contribution in [0.2, 0.25) is 0 Å². The molecule has 0 unspecified atom stereocenters. The van der Waals surface area contributed by atoms with Gasteiger partial charge in [-0.2, -0.15) is 13.2 Å². The minimum atomic E-state index is -4.51. The molecular weight excluding hydrogens is 304 g/mol. The fraction of sp³-hybridized carbons (Fsp3) is 0.500. The minimum Gasteiger partial charge on any atom is -0.482 e. The zero-order valence-electron chi connectivity index (χ0n) is 11.7. The summed E-state index contributed by atoms with van der Waals surface area (Å²) < 4.78 is 54.3. The summed E-state index contributed by atoms with van der Waals surface area (Å²) in [7, 11) is 0. The highest BCUT2D eigenvalue weighted by atomic mass is 19.4. The van der Waals surface area contributed by atoms with Gasteiger partial charge in [-0.25, -0.2) is 4.39 Å². The van der Waals surface area contributed by atoms with Crippen molar-refractivity contribution in [3.8, 4) is 5.75 Å². The van der Waals surface area contributed by atoms with E-state index in [1.54, 1.807) is 0 Å². The van der Waals surface area contributed by atoms with Gasteiger partial charge in [0.25, 0.3) is 0 Å². The number of benzene rings is 1. The maximum absolute atomic E-state index is 13.2. The van der Waals surface area contributed by atoms with Crippen LogP contribution < -0.4 is 15.4 Å². The van der Waals surface area contributed by atoms with Gasteiger partial charge < -0.3 is 15.4 Å². The third kappa shape index (κ3) is 5.88. The van der Waals surface area contributed by atoms with Gasteiger partial charge in [-0.1, -0.05) is 0 Å². The molecule has 2 N–H and O–H groups in total. The zero-order chi connectivity index (χ0) is 16.2. The molecule has 1 amide bonds. The summed E-state index contributed by atoms with van der Waals surface area (Å²) in [5.74, 6) is -0.786. The molecule has 1 aromatic rings. The van der Waals surface area contributed by atoms with Crippen molar-refractivity contribution in [2.45, 2.75) is 19.0 Å². The Morgan fingerprint density at radius 1 is 1.32 bits per heavy atom. The Kier molecular flexibility index (Phi) is 5.23. The average molecular weight is 320 g/mol. The molecule has 0 aliphatic heterocycles. The summed E-state index contributed by atoms with van der Waals surface area (Å²) in [4.78, 5) is 11.7. The van der Waals surface area contributed by atoms with Gasteiger partial charge in [-0.15, -0.1) is 0 Å².